The highest BCUT2D eigenvalue weighted by Gasteiger charge is 2.45. The Morgan fingerprint density at radius 1 is 1.50 bits per heavy atom. The second-order valence-electron chi connectivity index (χ2n) is 5.05. The number of methoxy groups -OCH3 is 1. The number of H-pyrrole nitrogens is 1. The monoisotopic (exact) mass is 332 g/mol. The van der Waals surface area contributed by atoms with E-state index in [4.69, 9.17) is 26.4 Å². The van der Waals surface area contributed by atoms with Gasteiger partial charge in [-0.2, -0.15) is 0 Å². The molecule has 0 radical (unpaired) electrons. The van der Waals surface area contributed by atoms with E-state index in [0.29, 0.717) is 12.2 Å². The first kappa shape index (κ1) is 17.3. The van der Waals surface area contributed by atoms with Crippen molar-refractivity contribution in [3.05, 3.63) is 26.9 Å². The maximum atomic E-state index is 11.6. The molecular weight excluding hydrogens is 312 g/mol. The number of nitrogens with zero attached hydrogens (tertiary/aromatic N) is 1. The molecule has 1 saturated heterocycles. The summed E-state index contributed by atoms with van der Waals surface area (Å²) >= 11 is 5.14. The zero-order valence-corrected chi connectivity index (χ0v) is 13.2. The molecule has 0 amide bonds. The van der Waals surface area contributed by atoms with Crippen molar-refractivity contribution in [1.82, 2.24) is 9.55 Å². The van der Waals surface area contributed by atoms with Crippen molar-refractivity contribution in [2.45, 2.75) is 31.5 Å². The number of ether oxygens (including phenoxy) is 3. The zero-order valence-electron chi connectivity index (χ0n) is 12.4. The van der Waals surface area contributed by atoms with E-state index in [1.807, 2.05) is 0 Å². The van der Waals surface area contributed by atoms with Crippen LogP contribution in [0.5, 0.6) is 0 Å². The van der Waals surface area contributed by atoms with Crippen LogP contribution in [-0.2, 0) is 14.2 Å². The molecule has 0 bridgehead atoms. The van der Waals surface area contributed by atoms with Crippen molar-refractivity contribution < 1.29 is 24.4 Å². The first-order chi connectivity index (χ1) is 10.5. The van der Waals surface area contributed by atoms with E-state index in [1.165, 1.54) is 4.57 Å². The van der Waals surface area contributed by atoms with Gasteiger partial charge in [0.25, 0.3) is 5.56 Å². The average Bonchev–Trinajstić information content (AvgIpc) is 2.80. The minimum Gasteiger partial charge on any atom is -0.394 e. The van der Waals surface area contributed by atoms with Crippen molar-refractivity contribution in [3.63, 3.8) is 0 Å². The van der Waals surface area contributed by atoms with E-state index in [2.05, 4.69) is 4.98 Å². The summed E-state index contributed by atoms with van der Waals surface area (Å²) in [6.45, 7) is 1.90. The van der Waals surface area contributed by atoms with E-state index in [0.717, 1.165) is 0 Å². The van der Waals surface area contributed by atoms with Gasteiger partial charge in [-0.3, -0.25) is 14.3 Å². The highest BCUT2D eigenvalue weighted by molar-refractivity contribution is 7.71. The Morgan fingerprint density at radius 2 is 2.23 bits per heavy atom. The molecule has 9 heteroatoms. The molecule has 0 spiro atoms. The number of nitrogens with one attached hydrogen (secondary N) is 1. The SMILES string of the molecule is COCCOC1C(O)[C@@H](CO)O[C@H]1n1cc(C)c(=O)[nH]c1=S. The minimum atomic E-state index is -1.01. The lowest BCUT2D eigenvalue weighted by Crippen LogP contribution is -2.36. The molecule has 4 atom stereocenters. The minimum absolute atomic E-state index is 0.159. The van der Waals surface area contributed by atoms with Gasteiger partial charge in [-0.05, 0) is 19.1 Å². The second kappa shape index (κ2) is 7.44. The van der Waals surface area contributed by atoms with Crippen molar-refractivity contribution >= 4 is 12.2 Å². The summed E-state index contributed by atoms with van der Waals surface area (Å²) in [5, 5.41) is 19.5. The fourth-order valence-corrected chi connectivity index (χ4v) is 2.57. The van der Waals surface area contributed by atoms with Gasteiger partial charge in [0.2, 0.25) is 0 Å². The highest BCUT2D eigenvalue weighted by atomic mass is 32.1. The van der Waals surface area contributed by atoms with Crippen LogP contribution in [0.2, 0.25) is 0 Å². The lowest BCUT2D eigenvalue weighted by atomic mass is 10.1. The van der Waals surface area contributed by atoms with Crippen LogP contribution >= 0.6 is 12.2 Å². The lowest BCUT2D eigenvalue weighted by Gasteiger charge is -2.23. The van der Waals surface area contributed by atoms with Crippen LogP contribution in [0.15, 0.2) is 11.0 Å². The molecule has 3 N–H and O–H groups in total. The summed E-state index contributed by atoms with van der Waals surface area (Å²) in [7, 11) is 1.54. The molecule has 1 aromatic heterocycles. The van der Waals surface area contributed by atoms with E-state index in [1.54, 1.807) is 20.2 Å². The summed E-state index contributed by atoms with van der Waals surface area (Å²) in [6.07, 6.45) is -1.73. The largest absolute Gasteiger partial charge is 0.394 e. The van der Waals surface area contributed by atoms with E-state index >= 15 is 0 Å². The van der Waals surface area contributed by atoms with Crippen molar-refractivity contribution in [1.29, 1.82) is 0 Å². The summed E-state index contributed by atoms with van der Waals surface area (Å²) in [5.74, 6) is 0. The molecule has 1 aromatic rings. The third-order valence-corrected chi connectivity index (χ3v) is 3.82. The number of aliphatic hydroxyl groups is 2. The molecule has 2 heterocycles. The molecule has 0 aliphatic carbocycles. The summed E-state index contributed by atoms with van der Waals surface area (Å²) in [5.41, 5.74) is 0.171. The number of aromatic amines is 1. The Hall–Kier alpha value is -1.10. The van der Waals surface area contributed by atoms with Crippen molar-refractivity contribution in [2.75, 3.05) is 26.9 Å². The van der Waals surface area contributed by atoms with Crippen LogP contribution < -0.4 is 5.56 Å². The fourth-order valence-electron chi connectivity index (χ4n) is 2.32. The average molecular weight is 332 g/mol. The van der Waals surface area contributed by atoms with Crippen LogP contribution in [-0.4, -0.2) is 65.0 Å². The number of rotatable bonds is 6. The van der Waals surface area contributed by atoms with Crippen LogP contribution in [0.1, 0.15) is 11.8 Å². The molecule has 22 heavy (non-hydrogen) atoms. The van der Waals surface area contributed by atoms with Crippen LogP contribution in [0, 0.1) is 11.7 Å². The zero-order chi connectivity index (χ0) is 16.3. The molecule has 0 aromatic carbocycles. The molecule has 1 aliphatic rings. The topological polar surface area (TPSA) is 106 Å². The molecule has 2 rings (SSSR count). The molecule has 8 nitrogen and oxygen atoms in total. The van der Waals surface area contributed by atoms with Gasteiger partial charge in [0, 0.05) is 18.9 Å². The first-order valence-corrected chi connectivity index (χ1v) is 7.27. The molecule has 1 aliphatic heterocycles. The molecule has 2 unspecified atom stereocenters. The van der Waals surface area contributed by atoms with Crippen molar-refractivity contribution in [3.8, 4) is 0 Å². The van der Waals surface area contributed by atoms with E-state index in [9.17, 15) is 15.0 Å². The van der Waals surface area contributed by atoms with Crippen LogP contribution in [0.25, 0.3) is 0 Å². The molecule has 1 fully saturated rings. The summed E-state index contributed by atoms with van der Waals surface area (Å²) in [6, 6.07) is 0. The fraction of sp³-hybridized carbons (Fsp3) is 0.692. The summed E-state index contributed by atoms with van der Waals surface area (Å²) in [4.78, 5) is 14.1. The van der Waals surface area contributed by atoms with Gasteiger partial charge < -0.3 is 24.4 Å². The Labute approximate surface area is 132 Å². The highest BCUT2D eigenvalue weighted by Crippen LogP contribution is 2.31. The van der Waals surface area contributed by atoms with Gasteiger partial charge in [0.15, 0.2) is 11.0 Å². The third kappa shape index (κ3) is 3.45. The van der Waals surface area contributed by atoms with E-state index < -0.39 is 24.5 Å². The Balaban J connectivity index is 2.31. The smallest absolute Gasteiger partial charge is 0.254 e. The second-order valence-corrected chi connectivity index (χ2v) is 5.43. The van der Waals surface area contributed by atoms with Gasteiger partial charge in [0.1, 0.15) is 18.3 Å². The molecule has 0 saturated carbocycles. The Kier molecular flexibility index (Phi) is 5.84. The normalized spacial score (nSPS) is 28.2. The quantitative estimate of drug-likeness (QED) is 0.476. The van der Waals surface area contributed by atoms with Crippen LogP contribution in [0.4, 0.5) is 0 Å². The maximum Gasteiger partial charge on any atom is 0.254 e. The van der Waals surface area contributed by atoms with Gasteiger partial charge in [-0.1, -0.05) is 0 Å². The number of aliphatic hydroxyl groups excluding tert-OH is 2. The van der Waals surface area contributed by atoms with Gasteiger partial charge in [-0.25, -0.2) is 0 Å². The summed E-state index contributed by atoms with van der Waals surface area (Å²) < 4.78 is 17.8. The molecule has 124 valence electrons. The predicted molar refractivity (Wildman–Crippen MR) is 79.2 cm³/mol. The predicted octanol–water partition coefficient (Wildman–Crippen LogP) is -0.503. The number of hydrogen-bond donors (Lipinski definition) is 3. The maximum absolute atomic E-state index is 11.6. The van der Waals surface area contributed by atoms with Crippen LogP contribution in [0.3, 0.4) is 0 Å². The lowest BCUT2D eigenvalue weighted by molar-refractivity contribution is -0.0812. The Bertz CT molecular complexity index is 615. The Morgan fingerprint density at radius 3 is 2.86 bits per heavy atom. The first-order valence-electron chi connectivity index (χ1n) is 6.86. The van der Waals surface area contributed by atoms with Crippen molar-refractivity contribution in [2.24, 2.45) is 0 Å². The standard InChI is InChI=1S/C13H20N2O6S/c1-7-5-15(13(22)14-11(7)18)12-10(20-4-3-19-2)9(17)8(6-16)21-12/h5,8-10,12,16-17H,3-4,6H2,1-2H3,(H,14,18,22)/t8-,9?,10?,12-/m1/s1. The number of hydrogen-bond acceptors (Lipinski definition) is 7. The third-order valence-electron chi connectivity index (χ3n) is 3.51. The number of aryl methyl sites for hydroxylation is 1. The van der Waals surface area contributed by atoms with Gasteiger partial charge >= 0.3 is 0 Å². The van der Waals surface area contributed by atoms with Gasteiger partial charge in [0.05, 0.1) is 19.8 Å². The molecular formula is C13H20N2O6S. The van der Waals surface area contributed by atoms with Gasteiger partial charge in [-0.15, -0.1) is 0 Å². The van der Waals surface area contributed by atoms with E-state index in [-0.39, 0.29) is 23.5 Å². The number of aromatic nitrogens is 2.